The molecule has 27 heavy (non-hydrogen) atoms. The van der Waals surface area contributed by atoms with Gasteiger partial charge in [-0.15, -0.1) is 0 Å². The first-order chi connectivity index (χ1) is 13.0. The number of nitrogens with zero attached hydrogens (tertiary/aromatic N) is 1. The van der Waals surface area contributed by atoms with E-state index in [-0.39, 0.29) is 17.3 Å². The summed E-state index contributed by atoms with van der Waals surface area (Å²) in [5, 5.41) is 6.23. The van der Waals surface area contributed by atoms with Crippen LogP contribution in [-0.4, -0.2) is 26.2 Å². The van der Waals surface area contributed by atoms with E-state index in [0.717, 1.165) is 11.1 Å². The highest BCUT2D eigenvalue weighted by molar-refractivity contribution is 5.79. The van der Waals surface area contributed by atoms with E-state index in [0.29, 0.717) is 25.7 Å². The van der Waals surface area contributed by atoms with Crippen LogP contribution < -0.4 is 20.1 Å². The summed E-state index contributed by atoms with van der Waals surface area (Å²) in [6.45, 7) is 0.0571. The van der Waals surface area contributed by atoms with Crippen LogP contribution in [0, 0.1) is 5.82 Å². The van der Waals surface area contributed by atoms with Crippen molar-refractivity contribution in [1.82, 2.24) is 10.6 Å². The highest BCUT2D eigenvalue weighted by Gasteiger charge is 2.11. The Hall–Kier alpha value is -2.90. The number of hydrogen-bond acceptors (Lipinski definition) is 3. The summed E-state index contributed by atoms with van der Waals surface area (Å²) in [5.74, 6) is 0.511. The number of aliphatic imine (C=N–C) groups is 1. The van der Waals surface area contributed by atoms with Crippen LogP contribution in [0.25, 0.3) is 0 Å². The molecule has 5 nitrogen and oxygen atoms in total. The molecule has 0 heterocycles. The second kappa shape index (κ2) is 10.3. The monoisotopic (exact) mass is 381 g/mol. The molecule has 0 aliphatic heterocycles. The zero-order valence-corrected chi connectivity index (χ0v) is 15.1. The third-order valence-corrected chi connectivity index (χ3v) is 3.58. The molecule has 0 saturated carbocycles. The molecule has 0 fully saturated rings. The number of guanidine groups is 1. The van der Waals surface area contributed by atoms with Crippen LogP contribution in [0.15, 0.2) is 47.5 Å². The molecule has 2 aromatic carbocycles. The molecule has 8 heteroatoms. The number of ether oxygens (including phenoxy) is 2. The largest absolute Gasteiger partial charge is 0.490 e. The Morgan fingerprint density at radius 3 is 2.22 bits per heavy atom. The van der Waals surface area contributed by atoms with Gasteiger partial charge in [-0.25, -0.2) is 4.39 Å². The van der Waals surface area contributed by atoms with Crippen molar-refractivity contribution in [2.75, 3.05) is 13.7 Å². The minimum Gasteiger partial charge on any atom is -0.490 e. The Morgan fingerprint density at radius 2 is 1.63 bits per heavy atom. The van der Waals surface area contributed by atoms with Crippen LogP contribution in [-0.2, 0) is 13.1 Å². The van der Waals surface area contributed by atoms with Gasteiger partial charge in [0, 0.05) is 20.1 Å². The van der Waals surface area contributed by atoms with Crippen LogP contribution in [0.4, 0.5) is 13.2 Å². The van der Waals surface area contributed by atoms with E-state index in [9.17, 15) is 13.2 Å². The smallest absolute Gasteiger partial charge is 0.387 e. The molecule has 0 amide bonds. The van der Waals surface area contributed by atoms with E-state index >= 15 is 0 Å². The molecule has 0 bridgehead atoms. The van der Waals surface area contributed by atoms with Gasteiger partial charge in [-0.1, -0.05) is 18.2 Å². The second-order valence-corrected chi connectivity index (χ2v) is 5.50. The van der Waals surface area contributed by atoms with Crippen molar-refractivity contribution in [2.24, 2.45) is 4.99 Å². The lowest BCUT2D eigenvalue weighted by Gasteiger charge is -2.15. The van der Waals surface area contributed by atoms with Crippen molar-refractivity contribution in [3.8, 4) is 11.5 Å². The van der Waals surface area contributed by atoms with Gasteiger partial charge in [0.1, 0.15) is 5.82 Å². The van der Waals surface area contributed by atoms with Crippen LogP contribution in [0.3, 0.4) is 0 Å². The van der Waals surface area contributed by atoms with Gasteiger partial charge in [0.25, 0.3) is 0 Å². The third kappa shape index (κ3) is 6.73. The molecule has 0 atom stereocenters. The average molecular weight is 381 g/mol. The molecule has 0 saturated heterocycles. The van der Waals surface area contributed by atoms with Gasteiger partial charge in [0.2, 0.25) is 0 Å². The van der Waals surface area contributed by atoms with Crippen molar-refractivity contribution in [2.45, 2.75) is 26.6 Å². The summed E-state index contributed by atoms with van der Waals surface area (Å²) in [4.78, 5) is 4.12. The summed E-state index contributed by atoms with van der Waals surface area (Å²) in [6.07, 6.45) is 0. The summed E-state index contributed by atoms with van der Waals surface area (Å²) in [5.41, 5.74) is 1.72. The predicted octanol–water partition coefficient (Wildman–Crippen LogP) is 3.69. The summed E-state index contributed by atoms with van der Waals surface area (Å²) < 4.78 is 47.7. The van der Waals surface area contributed by atoms with Crippen molar-refractivity contribution >= 4 is 5.96 Å². The molecular weight excluding hydrogens is 359 g/mol. The number of alkyl halides is 2. The maximum absolute atomic E-state index is 12.9. The third-order valence-electron chi connectivity index (χ3n) is 3.58. The first kappa shape index (κ1) is 20.4. The Balaban J connectivity index is 1.94. The quantitative estimate of drug-likeness (QED) is 0.541. The number of rotatable bonds is 8. The van der Waals surface area contributed by atoms with E-state index in [1.54, 1.807) is 38.2 Å². The normalized spacial score (nSPS) is 11.4. The minimum absolute atomic E-state index is 0.00517. The summed E-state index contributed by atoms with van der Waals surface area (Å²) in [7, 11) is 1.63. The lowest BCUT2D eigenvalue weighted by molar-refractivity contribution is -0.0514. The van der Waals surface area contributed by atoms with Gasteiger partial charge in [0.15, 0.2) is 17.5 Å². The van der Waals surface area contributed by atoms with Crippen molar-refractivity contribution < 1.29 is 22.6 Å². The maximum Gasteiger partial charge on any atom is 0.387 e. The minimum atomic E-state index is -2.91. The molecule has 2 rings (SSSR count). The van der Waals surface area contributed by atoms with Crippen LogP contribution in [0.5, 0.6) is 11.5 Å². The molecule has 146 valence electrons. The van der Waals surface area contributed by atoms with Crippen molar-refractivity contribution in [1.29, 1.82) is 0 Å². The van der Waals surface area contributed by atoms with Crippen LogP contribution >= 0.6 is 0 Å². The molecule has 0 aromatic heterocycles. The first-order valence-corrected chi connectivity index (χ1v) is 8.41. The fraction of sp³-hybridized carbons (Fsp3) is 0.316. The van der Waals surface area contributed by atoms with E-state index in [1.807, 2.05) is 0 Å². The highest BCUT2D eigenvalue weighted by Crippen LogP contribution is 2.29. The molecule has 0 spiro atoms. The Labute approximate surface area is 156 Å². The lowest BCUT2D eigenvalue weighted by atomic mass is 10.2. The number of nitrogens with one attached hydrogen (secondary N) is 2. The SMILES string of the molecule is CCOc1cc(CNC(=NC)NCc2ccc(F)cc2)ccc1OC(F)F. The molecule has 0 radical (unpaired) electrons. The van der Waals surface area contributed by atoms with Gasteiger partial charge < -0.3 is 20.1 Å². The molecule has 0 aliphatic rings. The van der Waals surface area contributed by atoms with Crippen molar-refractivity contribution in [3.05, 3.63) is 59.4 Å². The fourth-order valence-corrected chi connectivity index (χ4v) is 2.32. The van der Waals surface area contributed by atoms with Crippen LogP contribution in [0.2, 0.25) is 0 Å². The van der Waals surface area contributed by atoms with Crippen molar-refractivity contribution in [3.63, 3.8) is 0 Å². The zero-order chi connectivity index (χ0) is 19.6. The molecular formula is C19H22F3N3O2. The number of benzene rings is 2. The van der Waals surface area contributed by atoms with E-state index in [2.05, 4.69) is 20.4 Å². The number of halogens is 3. The Kier molecular flexibility index (Phi) is 7.79. The van der Waals surface area contributed by atoms with Gasteiger partial charge in [-0.2, -0.15) is 8.78 Å². The van der Waals surface area contributed by atoms with Gasteiger partial charge >= 0.3 is 6.61 Å². The summed E-state index contributed by atoms with van der Waals surface area (Å²) >= 11 is 0. The maximum atomic E-state index is 12.9. The van der Waals surface area contributed by atoms with Gasteiger partial charge in [-0.05, 0) is 42.3 Å². The Morgan fingerprint density at radius 1 is 1.00 bits per heavy atom. The van der Waals surface area contributed by atoms with Gasteiger partial charge in [0.05, 0.1) is 6.61 Å². The van der Waals surface area contributed by atoms with Crippen LogP contribution in [0.1, 0.15) is 18.1 Å². The van der Waals surface area contributed by atoms with Gasteiger partial charge in [-0.3, -0.25) is 4.99 Å². The first-order valence-electron chi connectivity index (χ1n) is 8.41. The predicted molar refractivity (Wildman–Crippen MR) is 97.7 cm³/mol. The fourth-order valence-electron chi connectivity index (χ4n) is 2.32. The molecule has 0 aliphatic carbocycles. The molecule has 2 aromatic rings. The lowest BCUT2D eigenvalue weighted by Crippen LogP contribution is -2.36. The summed E-state index contributed by atoms with van der Waals surface area (Å²) in [6, 6.07) is 10.9. The standard InChI is InChI=1S/C19H22F3N3O2/c1-3-26-17-10-14(6-9-16(17)27-18(21)22)12-25-19(23-2)24-11-13-4-7-15(20)8-5-13/h4-10,18H,3,11-12H2,1-2H3,(H2,23,24,25). The number of hydrogen-bond donors (Lipinski definition) is 2. The second-order valence-electron chi connectivity index (χ2n) is 5.50. The molecule has 2 N–H and O–H groups in total. The topological polar surface area (TPSA) is 54.9 Å². The highest BCUT2D eigenvalue weighted by atomic mass is 19.3. The van der Waals surface area contributed by atoms with E-state index in [1.165, 1.54) is 18.2 Å². The molecule has 0 unspecified atom stereocenters. The Bertz CT molecular complexity index is 752. The zero-order valence-electron chi connectivity index (χ0n) is 15.1. The van der Waals surface area contributed by atoms with E-state index < -0.39 is 6.61 Å². The van der Waals surface area contributed by atoms with E-state index in [4.69, 9.17) is 4.74 Å². The average Bonchev–Trinajstić information content (AvgIpc) is 2.65.